The van der Waals surface area contributed by atoms with E-state index < -0.39 is 35.5 Å². The van der Waals surface area contributed by atoms with Gasteiger partial charge in [-0.1, -0.05) is 0 Å². The first-order valence-corrected chi connectivity index (χ1v) is 5.81. The summed E-state index contributed by atoms with van der Waals surface area (Å²) in [7, 11) is 0. The van der Waals surface area contributed by atoms with Crippen LogP contribution in [0.2, 0.25) is 0 Å². The van der Waals surface area contributed by atoms with Crippen LogP contribution in [0.25, 0.3) is 0 Å². The maximum absolute atomic E-state index is 11.7. The number of carbonyl (C=O) groups excluding carboxylic acids is 4. The van der Waals surface area contributed by atoms with Crippen LogP contribution in [0.4, 0.5) is 0 Å². The van der Waals surface area contributed by atoms with Gasteiger partial charge in [-0.15, -0.1) is 5.06 Å². The highest BCUT2D eigenvalue weighted by molar-refractivity contribution is 6.03. The summed E-state index contributed by atoms with van der Waals surface area (Å²) in [6, 6.07) is 0. The average molecular weight is 288 g/mol. The first-order valence-electron chi connectivity index (χ1n) is 5.81. The first-order chi connectivity index (χ1) is 9.15. The summed E-state index contributed by atoms with van der Waals surface area (Å²) in [4.78, 5) is 54.6. The molecule has 9 nitrogen and oxygen atoms in total. The summed E-state index contributed by atoms with van der Waals surface area (Å²) in [5.41, 5.74) is -0.868. The Balaban J connectivity index is 2.70. The van der Waals surface area contributed by atoms with Crippen LogP contribution in [-0.2, 0) is 33.6 Å². The molecule has 1 rings (SSSR count). The lowest BCUT2D eigenvalue weighted by atomic mass is 10.2. The molecule has 1 saturated heterocycles. The Labute approximate surface area is 114 Å². The van der Waals surface area contributed by atoms with E-state index in [1.165, 1.54) is 0 Å². The van der Waals surface area contributed by atoms with Crippen LogP contribution < -0.4 is 5.90 Å². The second kappa shape index (κ2) is 5.97. The molecular formula is C11H16N2O7. The van der Waals surface area contributed by atoms with Gasteiger partial charge in [0.2, 0.25) is 0 Å². The Morgan fingerprint density at radius 2 is 1.65 bits per heavy atom. The summed E-state index contributed by atoms with van der Waals surface area (Å²) in [6.07, 6.45) is -2.00. The van der Waals surface area contributed by atoms with E-state index in [1.54, 1.807) is 20.8 Å². The second-order valence-electron chi connectivity index (χ2n) is 5.04. The number of rotatable bonds is 4. The number of hydroxylamine groups is 2. The summed E-state index contributed by atoms with van der Waals surface area (Å²) < 4.78 is 4.90. The highest BCUT2D eigenvalue weighted by Gasteiger charge is 2.39. The average Bonchev–Trinajstić information content (AvgIpc) is 2.59. The Kier molecular flexibility index (Phi) is 4.79. The zero-order valence-corrected chi connectivity index (χ0v) is 11.4. The molecule has 2 amide bonds. The molecular weight excluding hydrogens is 272 g/mol. The van der Waals surface area contributed by atoms with Crippen LogP contribution in [0.1, 0.15) is 33.6 Å². The molecule has 0 aliphatic carbocycles. The van der Waals surface area contributed by atoms with Crippen LogP contribution in [0, 0.1) is 0 Å². The van der Waals surface area contributed by atoms with Crippen molar-refractivity contribution in [3.63, 3.8) is 0 Å². The maximum atomic E-state index is 11.7. The molecule has 20 heavy (non-hydrogen) atoms. The fourth-order valence-corrected chi connectivity index (χ4v) is 1.36. The molecule has 1 fully saturated rings. The van der Waals surface area contributed by atoms with Gasteiger partial charge in [-0.3, -0.25) is 14.4 Å². The molecule has 1 aliphatic heterocycles. The third-order valence-corrected chi connectivity index (χ3v) is 2.16. The van der Waals surface area contributed by atoms with Crippen molar-refractivity contribution in [2.24, 2.45) is 5.90 Å². The molecule has 0 radical (unpaired) electrons. The maximum Gasteiger partial charge on any atom is 0.375 e. The number of esters is 1. The Bertz CT molecular complexity index is 425. The lowest BCUT2D eigenvalue weighted by Gasteiger charge is -2.22. The highest BCUT2D eigenvalue weighted by Crippen LogP contribution is 2.14. The fourth-order valence-electron chi connectivity index (χ4n) is 1.36. The molecule has 112 valence electrons. The smallest absolute Gasteiger partial charge is 0.375 e. The van der Waals surface area contributed by atoms with Gasteiger partial charge in [-0.25, -0.2) is 15.5 Å². The van der Waals surface area contributed by atoms with E-state index in [-0.39, 0.29) is 12.8 Å². The summed E-state index contributed by atoms with van der Waals surface area (Å²) in [5, 5.41) is 0.290. The highest BCUT2D eigenvalue weighted by atomic mass is 16.7. The fraction of sp³-hybridized carbons (Fsp3) is 0.636. The molecule has 1 atom stereocenters. The largest absolute Gasteiger partial charge is 0.458 e. The summed E-state index contributed by atoms with van der Waals surface area (Å²) >= 11 is 0. The standard InChI is InChI=1S/C11H16N2O7/c1-11(2,3)18-9(16)8(19-12)10(17)20-13-6(14)4-5-7(13)15/h8H,4-5,12H2,1-3H3. The van der Waals surface area contributed by atoms with Crippen LogP contribution >= 0.6 is 0 Å². The topological polar surface area (TPSA) is 125 Å². The van der Waals surface area contributed by atoms with Crippen molar-refractivity contribution in [2.45, 2.75) is 45.3 Å². The van der Waals surface area contributed by atoms with Gasteiger partial charge in [0.15, 0.2) is 0 Å². The summed E-state index contributed by atoms with van der Waals surface area (Å²) in [6.45, 7) is 4.74. The Morgan fingerprint density at radius 1 is 1.15 bits per heavy atom. The molecule has 9 heteroatoms. The van der Waals surface area contributed by atoms with Crippen molar-refractivity contribution >= 4 is 23.8 Å². The number of nitrogens with two attached hydrogens (primary N) is 1. The van der Waals surface area contributed by atoms with Crippen LogP contribution in [0.15, 0.2) is 0 Å². The molecule has 0 bridgehead atoms. The zero-order chi connectivity index (χ0) is 15.5. The molecule has 1 aliphatic rings. The van der Waals surface area contributed by atoms with E-state index in [0.717, 1.165) is 0 Å². The molecule has 2 N–H and O–H groups in total. The molecule has 0 saturated carbocycles. The van der Waals surface area contributed by atoms with E-state index in [2.05, 4.69) is 9.68 Å². The van der Waals surface area contributed by atoms with Crippen molar-refractivity contribution in [1.82, 2.24) is 5.06 Å². The van der Waals surface area contributed by atoms with E-state index in [1.807, 2.05) is 0 Å². The predicted octanol–water partition coefficient (Wildman–Crippen LogP) is -0.806. The quantitative estimate of drug-likeness (QED) is 0.308. The molecule has 0 aromatic carbocycles. The Hall–Kier alpha value is -2.00. The van der Waals surface area contributed by atoms with Gasteiger partial charge >= 0.3 is 11.9 Å². The zero-order valence-electron chi connectivity index (χ0n) is 11.4. The van der Waals surface area contributed by atoms with E-state index >= 15 is 0 Å². The van der Waals surface area contributed by atoms with Gasteiger partial charge in [-0.2, -0.15) is 0 Å². The SMILES string of the molecule is CC(C)(C)OC(=O)C(ON)C(=O)ON1C(=O)CCC1=O. The molecule has 1 heterocycles. The van der Waals surface area contributed by atoms with Gasteiger partial charge < -0.3 is 9.57 Å². The molecule has 0 aromatic rings. The predicted molar refractivity (Wildman–Crippen MR) is 62.1 cm³/mol. The number of carbonyl (C=O) groups is 4. The van der Waals surface area contributed by atoms with Crippen molar-refractivity contribution in [2.75, 3.05) is 0 Å². The van der Waals surface area contributed by atoms with Crippen LogP contribution in [0.5, 0.6) is 0 Å². The molecule has 1 unspecified atom stereocenters. The van der Waals surface area contributed by atoms with Gasteiger partial charge in [0.25, 0.3) is 17.9 Å². The monoisotopic (exact) mass is 288 g/mol. The second-order valence-corrected chi connectivity index (χ2v) is 5.04. The number of amides is 2. The van der Waals surface area contributed by atoms with Gasteiger partial charge in [-0.05, 0) is 20.8 Å². The van der Waals surface area contributed by atoms with Crippen molar-refractivity contribution < 1.29 is 33.6 Å². The third kappa shape index (κ3) is 4.00. The lowest BCUT2D eigenvalue weighted by molar-refractivity contribution is -0.210. The Morgan fingerprint density at radius 3 is 2.05 bits per heavy atom. The minimum Gasteiger partial charge on any atom is -0.458 e. The number of ether oxygens (including phenoxy) is 1. The van der Waals surface area contributed by atoms with Gasteiger partial charge in [0.05, 0.1) is 0 Å². The van der Waals surface area contributed by atoms with E-state index in [4.69, 9.17) is 10.6 Å². The minimum atomic E-state index is -1.88. The summed E-state index contributed by atoms with van der Waals surface area (Å²) in [5.74, 6) is 1.11. The van der Waals surface area contributed by atoms with Gasteiger partial charge in [0, 0.05) is 12.8 Å². The number of imide groups is 1. The van der Waals surface area contributed by atoms with Gasteiger partial charge in [0.1, 0.15) is 5.60 Å². The van der Waals surface area contributed by atoms with Crippen LogP contribution in [-0.4, -0.2) is 40.5 Å². The lowest BCUT2D eigenvalue weighted by Crippen LogP contribution is -2.44. The van der Waals surface area contributed by atoms with E-state index in [0.29, 0.717) is 5.06 Å². The van der Waals surface area contributed by atoms with Crippen molar-refractivity contribution in [3.8, 4) is 0 Å². The number of hydrogen-bond acceptors (Lipinski definition) is 8. The third-order valence-electron chi connectivity index (χ3n) is 2.16. The molecule has 0 aromatic heterocycles. The molecule has 0 spiro atoms. The first kappa shape index (κ1) is 16.1. The number of hydrogen-bond donors (Lipinski definition) is 1. The van der Waals surface area contributed by atoms with E-state index in [9.17, 15) is 19.2 Å². The minimum absolute atomic E-state index is 0.0628. The normalized spacial score (nSPS) is 17.1. The van der Waals surface area contributed by atoms with Crippen molar-refractivity contribution in [3.05, 3.63) is 0 Å². The van der Waals surface area contributed by atoms with Crippen molar-refractivity contribution in [1.29, 1.82) is 0 Å². The van der Waals surface area contributed by atoms with Crippen LogP contribution in [0.3, 0.4) is 0 Å². The number of nitrogens with zero attached hydrogens (tertiary/aromatic N) is 1.